The van der Waals surface area contributed by atoms with E-state index in [1.807, 2.05) is 0 Å². The van der Waals surface area contributed by atoms with Crippen LogP contribution in [0.15, 0.2) is 12.1 Å². The normalized spacial score (nSPS) is 11.9. The van der Waals surface area contributed by atoms with Crippen LogP contribution >= 0.6 is 11.6 Å². The zero-order chi connectivity index (χ0) is 13.1. The second-order valence-electron chi connectivity index (χ2n) is 4.03. The Kier molecular flexibility index (Phi) is 4.83. The van der Waals surface area contributed by atoms with Gasteiger partial charge in [-0.1, -0.05) is 23.2 Å². The van der Waals surface area contributed by atoms with Crippen LogP contribution in [0.1, 0.15) is 29.5 Å². The first-order valence-corrected chi connectivity index (χ1v) is 5.80. The number of aryl methyl sites for hydroxylation is 2. The molecule has 1 nitrogen and oxygen atoms in total. The molecule has 0 unspecified atom stereocenters. The van der Waals surface area contributed by atoms with Crippen LogP contribution in [-0.2, 0) is 12.6 Å². The lowest BCUT2D eigenvalue weighted by atomic mass is 10.0. The van der Waals surface area contributed by atoms with Gasteiger partial charge in [-0.25, -0.2) is 0 Å². The van der Waals surface area contributed by atoms with Crippen LogP contribution in [0, 0.1) is 6.92 Å². The van der Waals surface area contributed by atoms with Gasteiger partial charge in [-0.3, -0.25) is 0 Å². The summed E-state index contributed by atoms with van der Waals surface area (Å²) in [5.41, 5.74) is 5.72. The summed E-state index contributed by atoms with van der Waals surface area (Å²) < 4.78 is 38.1. The van der Waals surface area contributed by atoms with Crippen LogP contribution in [0.3, 0.4) is 0 Å². The van der Waals surface area contributed by atoms with Gasteiger partial charge in [0.05, 0.1) is 10.6 Å². The molecule has 0 saturated heterocycles. The standard InChI is InChI=1S/C12H15ClF3N/c1-8-6-9(4-2-3-5-17)11(13)10(7-8)12(14,15)16/h6-7H,2-5,17H2,1H3. The van der Waals surface area contributed by atoms with Crippen LogP contribution in [-0.4, -0.2) is 6.54 Å². The first-order valence-electron chi connectivity index (χ1n) is 5.42. The Labute approximate surface area is 104 Å². The monoisotopic (exact) mass is 265 g/mol. The van der Waals surface area contributed by atoms with E-state index in [0.29, 0.717) is 24.1 Å². The maximum absolute atomic E-state index is 12.7. The lowest BCUT2D eigenvalue weighted by molar-refractivity contribution is -0.137. The summed E-state index contributed by atoms with van der Waals surface area (Å²) in [6.07, 6.45) is -2.34. The number of nitrogens with two attached hydrogens (primary N) is 1. The second-order valence-corrected chi connectivity index (χ2v) is 4.41. The molecule has 0 atom stereocenters. The predicted octanol–water partition coefficient (Wildman–Crippen LogP) is 3.95. The number of rotatable bonds is 4. The quantitative estimate of drug-likeness (QED) is 0.820. The first kappa shape index (κ1) is 14.3. The van der Waals surface area contributed by atoms with Gasteiger partial charge in [-0.15, -0.1) is 0 Å². The minimum absolute atomic E-state index is 0.180. The smallest absolute Gasteiger partial charge is 0.330 e. The number of hydrogen-bond donors (Lipinski definition) is 1. The van der Waals surface area contributed by atoms with Gasteiger partial charge in [-0.05, 0) is 44.4 Å². The minimum atomic E-state index is -4.40. The molecule has 0 fully saturated rings. The third-order valence-corrected chi connectivity index (χ3v) is 2.94. The van der Waals surface area contributed by atoms with Gasteiger partial charge in [0.25, 0.3) is 0 Å². The Morgan fingerprint density at radius 3 is 2.41 bits per heavy atom. The lowest BCUT2D eigenvalue weighted by Crippen LogP contribution is -2.08. The molecule has 17 heavy (non-hydrogen) atoms. The topological polar surface area (TPSA) is 26.0 Å². The molecule has 96 valence electrons. The largest absolute Gasteiger partial charge is 0.417 e. The molecule has 0 aromatic heterocycles. The van der Waals surface area contributed by atoms with E-state index in [1.165, 1.54) is 0 Å². The van der Waals surface area contributed by atoms with Crippen molar-refractivity contribution < 1.29 is 13.2 Å². The predicted molar refractivity (Wildman–Crippen MR) is 63.2 cm³/mol. The van der Waals surface area contributed by atoms with Crippen molar-refractivity contribution >= 4 is 11.6 Å². The first-order chi connectivity index (χ1) is 7.86. The molecule has 0 spiro atoms. The average Bonchev–Trinajstić information content (AvgIpc) is 2.21. The third kappa shape index (κ3) is 3.89. The Bertz CT molecular complexity index is 388. The molecule has 0 heterocycles. The fourth-order valence-corrected chi connectivity index (χ4v) is 2.00. The van der Waals surface area contributed by atoms with Crippen molar-refractivity contribution in [2.75, 3.05) is 6.54 Å². The molecule has 1 aromatic carbocycles. The Hall–Kier alpha value is -0.740. The van der Waals surface area contributed by atoms with Gasteiger partial charge < -0.3 is 5.73 Å². The SMILES string of the molecule is Cc1cc(CCCCN)c(Cl)c(C(F)(F)F)c1. The fourth-order valence-electron chi connectivity index (χ4n) is 1.69. The van der Waals surface area contributed by atoms with Crippen LogP contribution in [0.25, 0.3) is 0 Å². The number of halogens is 4. The van der Waals surface area contributed by atoms with Crippen molar-refractivity contribution in [1.82, 2.24) is 0 Å². The van der Waals surface area contributed by atoms with Crippen molar-refractivity contribution in [1.29, 1.82) is 0 Å². The zero-order valence-electron chi connectivity index (χ0n) is 9.57. The molecule has 0 aliphatic heterocycles. The van der Waals surface area contributed by atoms with Gasteiger partial charge in [0.15, 0.2) is 0 Å². The van der Waals surface area contributed by atoms with Crippen LogP contribution in [0.4, 0.5) is 13.2 Å². The minimum Gasteiger partial charge on any atom is -0.330 e. The molecule has 1 rings (SSSR count). The number of hydrogen-bond acceptors (Lipinski definition) is 1. The molecule has 0 bridgehead atoms. The van der Waals surface area contributed by atoms with Gasteiger partial charge in [-0.2, -0.15) is 13.2 Å². The van der Waals surface area contributed by atoms with E-state index >= 15 is 0 Å². The summed E-state index contributed by atoms with van der Waals surface area (Å²) >= 11 is 5.79. The van der Waals surface area contributed by atoms with Gasteiger partial charge >= 0.3 is 6.18 Å². The molecule has 0 aliphatic rings. The number of unbranched alkanes of at least 4 members (excludes halogenated alkanes) is 1. The summed E-state index contributed by atoms with van der Waals surface area (Å²) in [4.78, 5) is 0. The Morgan fingerprint density at radius 1 is 1.24 bits per heavy atom. The average molecular weight is 266 g/mol. The van der Waals surface area contributed by atoms with Gasteiger partial charge in [0.1, 0.15) is 0 Å². The molecule has 0 saturated carbocycles. The van der Waals surface area contributed by atoms with Crippen molar-refractivity contribution in [2.45, 2.75) is 32.4 Å². The van der Waals surface area contributed by atoms with E-state index in [2.05, 4.69) is 0 Å². The highest BCUT2D eigenvalue weighted by molar-refractivity contribution is 6.32. The van der Waals surface area contributed by atoms with Crippen molar-refractivity contribution in [3.8, 4) is 0 Å². The molecular weight excluding hydrogens is 251 g/mol. The van der Waals surface area contributed by atoms with E-state index in [1.54, 1.807) is 13.0 Å². The molecule has 0 amide bonds. The van der Waals surface area contributed by atoms with Gasteiger partial charge in [0.2, 0.25) is 0 Å². The number of benzene rings is 1. The van der Waals surface area contributed by atoms with E-state index in [9.17, 15) is 13.2 Å². The highest BCUT2D eigenvalue weighted by Gasteiger charge is 2.34. The summed E-state index contributed by atoms with van der Waals surface area (Å²) in [6.45, 7) is 2.17. The van der Waals surface area contributed by atoms with E-state index in [-0.39, 0.29) is 5.02 Å². The Morgan fingerprint density at radius 2 is 1.88 bits per heavy atom. The summed E-state index contributed by atoms with van der Waals surface area (Å²) in [7, 11) is 0. The highest BCUT2D eigenvalue weighted by atomic mass is 35.5. The summed E-state index contributed by atoms with van der Waals surface area (Å²) in [5, 5.41) is -0.180. The van der Waals surface area contributed by atoms with Crippen LogP contribution < -0.4 is 5.73 Å². The second kappa shape index (κ2) is 5.74. The third-order valence-electron chi connectivity index (χ3n) is 2.50. The van der Waals surface area contributed by atoms with Crippen molar-refractivity contribution in [3.63, 3.8) is 0 Å². The highest BCUT2D eigenvalue weighted by Crippen LogP contribution is 2.37. The van der Waals surface area contributed by atoms with Gasteiger partial charge in [0, 0.05) is 0 Å². The molecule has 2 N–H and O–H groups in total. The zero-order valence-corrected chi connectivity index (χ0v) is 10.3. The fraction of sp³-hybridized carbons (Fsp3) is 0.500. The van der Waals surface area contributed by atoms with E-state index < -0.39 is 11.7 Å². The Balaban J connectivity index is 3.02. The lowest BCUT2D eigenvalue weighted by Gasteiger charge is -2.14. The van der Waals surface area contributed by atoms with Crippen molar-refractivity contribution in [2.24, 2.45) is 5.73 Å². The molecule has 0 aliphatic carbocycles. The van der Waals surface area contributed by atoms with Crippen LogP contribution in [0.5, 0.6) is 0 Å². The maximum atomic E-state index is 12.7. The summed E-state index contributed by atoms with van der Waals surface area (Å²) in [5.74, 6) is 0. The molecule has 5 heteroatoms. The van der Waals surface area contributed by atoms with E-state index in [4.69, 9.17) is 17.3 Å². The van der Waals surface area contributed by atoms with E-state index in [0.717, 1.165) is 18.9 Å². The molecular formula is C12H15ClF3N. The molecule has 0 radical (unpaired) electrons. The number of alkyl halides is 3. The van der Waals surface area contributed by atoms with Crippen molar-refractivity contribution in [3.05, 3.63) is 33.8 Å². The summed E-state index contributed by atoms with van der Waals surface area (Å²) in [6, 6.07) is 2.78. The maximum Gasteiger partial charge on any atom is 0.417 e. The molecule has 1 aromatic rings. The van der Waals surface area contributed by atoms with Crippen LogP contribution in [0.2, 0.25) is 5.02 Å².